The monoisotopic (exact) mass is 232 g/mol. The summed E-state index contributed by atoms with van der Waals surface area (Å²) in [7, 11) is 0. The molecule has 1 rings (SSSR count). The molecule has 1 unspecified atom stereocenters. The smallest absolute Gasteiger partial charge is 0.0581 e. The molecule has 14 heavy (non-hydrogen) atoms. The SMILES string of the molecule is OC(CCCCl)Cc1ccccc1Cl. The number of rotatable bonds is 5. The Morgan fingerprint density at radius 3 is 2.64 bits per heavy atom. The third kappa shape index (κ3) is 3.87. The number of aliphatic hydroxyl groups excluding tert-OH is 1. The predicted octanol–water partition coefficient (Wildman–Crippen LogP) is 3.26. The molecule has 0 aliphatic carbocycles. The van der Waals surface area contributed by atoms with Crippen LogP contribution < -0.4 is 0 Å². The van der Waals surface area contributed by atoms with Crippen LogP contribution in [0.4, 0.5) is 0 Å². The van der Waals surface area contributed by atoms with Gasteiger partial charge < -0.3 is 5.11 Å². The zero-order valence-electron chi connectivity index (χ0n) is 7.92. The van der Waals surface area contributed by atoms with E-state index in [1.807, 2.05) is 24.3 Å². The van der Waals surface area contributed by atoms with Crippen molar-refractivity contribution in [2.75, 3.05) is 5.88 Å². The van der Waals surface area contributed by atoms with Crippen molar-refractivity contribution in [1.29, 1.82) is 0 Å². The highest BCUT2D eigenvalue weighted by Crippen LogP contribution is 2.17. The number of benzene rings is 1. The Hall–Kier alpha value is -0.240. The highest BCUT2D eigenvalue weighted by atomic mass is 35.5. The van der Waals surface area contributed by atoms with Gasteiger partial charge in [0.2, 0.25) is 0 Å². The van der Waals surface area contributed by atoms with E-state index >= 15 is 0 Å². The molecular formula is C11H14Cl2O. The number of hydrogen-bond donors (Lipinski definition) is 1. The van der Waals surface area contributed by atoms with Gasteiger partial charge in [-0.15, -0.1) is 11.6 Å². The van der Waals surface area contributed by atoms with Crippen molar-refractivity contribution in [3.8, 4) is 0 Å². The Kier molecular flexibility index (Phi) is 5.31. The Morgan fingerprint density at radius 1 is 1.29 bits per heavy atom. The van der Waals surface area contributed by atoms with Crippen LogP contribution in [0, 0.1) is 0 Å². The lowest BCUT2D eigenvalue weighted by molar-refractivity contribution is 0.164. The van der Waals surface area contributed by atoms with Gasteiger partial charge in [0, 0.05) is 10.9 Å². The third-order valence-electron chi connectivity index (χ3n) is 2.08. The largest absolute Gasteiger partial charge is 0.393 e. The van der Waals surface area contributed by atoms with Gasteiger partial charge in [-0.05, 0) is 30.9 Å². The maximum absolute atomic E-state index is 9.64. The quantitative estimate of drug-likeness (QED) is 0.774. The molecule has 0 bridgehead atoms. The van der Waals surface area contributed by atoms with E-state index in [1.165, 1.54) is 0 Å². The van der Waals surface area contributed by atoms with Crippen LogP contribution in [0.15, 0.2) is 24.3 Å². The van der Waals surface area contributed by atoms with E-state index in [4.69, 9.17) is 23.2 Å². The first-order chi connectivity index (χ1) is 6.74. The average molecular weight is 233 g/mol. The van der Waals surface area contributed by atoms with E-state index in [9.17, 15) is 5.11 Å². The van der Waals surface area contributed by atoms with Crippen molar-refractivity contribution in [1.82, 2.24) is 0 Å². The van der Waals surface area contributed by atoms with Gasteiger partial charge in [0.15, 0.2) is 0 Å². The van der Waals surface area contributed by atoms with E-state index in [2.05, 4.69) is 0 Å². The summed E-state index contributed by atoms with van der Waals surface area (Å²) >= 11 is 11.5. The lowest BCUT2D eigenvalue weighted by Gasteiger charge is -2.10. The number of halogens is 2. The number of aliphatic hydroxyl groups is 1. The fourth-order valence-corrected chi connectivity index (χ4v) is 1.70. The Bertz CT molecular complexity index is 276. The van der Waals surface area contributed by atoms with Gasteiger partial charge >= 0.3 is 0 Å². The molecule has 1 nitrogen and oxygen atoms in total. The highest BCUT2D eigenvalue weighted by molar-refractivity contribution is 6.31. The standard InChI is InChI=1S/C11H14Cl2O/c12-7-3-5-10(14)8-9-4-1-2-6-11(9)13/h1-2,4,6,10,14H,3,5,7-8H2. The molecule has 0 fully saturated rings. The van der Waals surface area contributed by atoms with Gasteiger partial charge in [-0.2, -0.15) is 0 Å². The summed E-state index contributed by atoms with van der Waals surface area (Å²) in [5, 5.41) is 10.4. The van der Waals surface area contributed by atoms with E-state index in [0.29, 0.717) is 12.3 Å². The highest BCUT2D eigenvalue weighted by Gasteiger charge is 2.07. The first-order valence-electron chi connectivity index (χ1n) is 4.71. The molecule has 1 atom stereocenters. The van der Waals surface area contributed by atoms with Gasteiger partial charge in [-0.1, -0.05) is 29.8 Å². The van der Waals surface area contributed by atoms with Gasteiger partial charge in [0.05, 0.1) is 6.10 Å². The topological polar surface area (TPSA) is 20.2 Å². The molecule has 3 heteroatoms. The van der Waals surface area contributed by atoms with Crippen LogP contribution in [0.5, 0.6) is 0 Å². The van der Waals surface area contributed by atoms with Crippen LogP contribution in [0.2, 0.25) is 5.02 Å². The second kappa shape index (κ2) is 6.28. The van der Waals surface area contributed by atoms with Crippen molar-refractivity contribution in [2.24, 2.45) is 0 Å². The maximum atomic E-state index is 9.64. The lowest BCUT2D eigenvalue weighted by Crippen LogP contribution is -2.10. The van der Waals surface area contributed by atoms with E-state index in [1.54, 1.807) is 0 Å². The summed E-state index contributed by atoms with van der Waals surface area (Å²) in [5.74, 6) is 0.597. The number of hydrogen-bond acceptors (Lipinski definition) is 1. The van der Waals surface area contributed by atoms with Gasteiger partial charge in [0.25, 0.3) is 0 Å². The predicted molar refractivity (Wildman–Crippen MR) is 61.1 cm³/mol. The van der Waals surface area contributed by atoms with E-state index < -0.39 is 0 Å². The molecular weight excluding hydrogens is 219 g/mol. The fourth-order valence-electron chi connectivity index (χ4n) is 1.33. The molecule has 0 heterocycles. The Balaban J connectivity index is 2.47. The molecule has 0 saturated heterocycles. The molecule has 0 radical (unpaired) electrons. The molecule has 1 aromatic rings. The minimum absolute atomic E-state index is 0.339. The molecule has 78 valence electrons. The van der Waals surface area contributed by atoms with Crippen LogP contribution in [-0.4, -0.2) is 17.1 Å². The second-order valence-corrected chi connectivity index (χ2v) is 4.07. The summed E-state index contributed by atoms with van der Waals surface area (Å²) in [6.45, 7) is 0. The summed E-state index contributed by atoms with van der Waals surface area (Å²) in [4.78, 5) is 0. The van der Waals surface area contributed by atoms with Gasteiger partial charge in [0.1, 0.15) is 0 Å². The van der Waals surface area contributed by atoms with Crippen LogP contribution in [0.1, 0.15) is 18.4 Å². The van der Waals surface area contributed by atoms with Crippen molar-refractivity contribution >= 4 is 23.2 Å². The lowest BCUT2D eigenvalue weighted by atomic mass is 10.0. The zero-order valence-corrected chi connectivity index (χ0v) is 9.43. The van der Waals surface area contributed by atoms with Crippen molar-refractivity contribution in [3.05, 3.63) is 34.9 Å². The van der Waals surface area contributed by atoms with Crippen molar-refractivity contribution < 1.29 is 5.11 Å². The molecule has 0 aliphatic rings. The fraction of sp³-hybridized carbons (Fsp3) is 0.455. The Labute approximate surface area is 94.7 Å². The number of alkyl halides is 1. The maximum Gasteiger partial charge on any atom is 0.0581 e. The molecule has 1 aromatic carbocycles. The van der Waals surface area contributed by atoms with Crippen LogP contribution in [0.3, 0.4) is 0 Å². The summed E-state index contributed by atoms with van der Waals surface area (Å²) in [5.41, 5.74) is 0.997. The van der Waals surface area contributed by atoms with Crippen LogP contribution in [0.25, 0.3) is 0 Å². The molecule has 0 saturated carbocycles. The molecule has 0 amide bonds. The molecule has 0 spiro atoms. The van der Waals surface area contributed by atoms with Crippen LogP contribution >= 0.6 is 23.2 Å². The zero-order chi connectivity index (χ0) is 10.4. The molecule has 1 N–H and O–H groups in total. The minimum Gasteiger partial charge on any atom is -0.393 e. The summed E-state index contributed by atoms with van der Waals surface area (Å²) in [6, 6.07) is 7.59. The second-order valence-electron chi connectivity index (χ2n) is 3.28. The molecule has 0 aromatic heterocycles. The molecule has 0 aliphatic heterocycles. The Morgan fingerprint density at radius 2 is 2.00 bits per heavy atom. The van der Waals surface area contributed by atoms with E-state index in [-0.39, 0.29) is 6.10 Å². The normalized spacial score (nSPS) is 12.8. The first kappa shape index (κ1) is 11.8. The van der Waals surface area contributed by atoms with Crippen molar-refractivity contribution in [2.45, 2.75) is 25.4 Å². The minimum atomic E-state index is -0.339. The van der Waals surface area contributed by atoms with Gasteiger partial charge in [-0.3, -0.25) is 0 Å². The average Bonchev–Trinajstić information content (AvgIpc) is 2.18. The summed E-state index contributed by atoms with van der Waals surface area (Å²) in [6.07, 6.45) is 1.84. The van der Waals surface area contributed by atoms with Gasteiger partial charge in [-0.25, -0.2) is 0 Å². The van der Waals surface area contributed by atoms with Crippen LogP contribution in [-0.2, 0) is 6.42 Å². The summed E-state index contributed by atoms with van der Waals surface area (Å²) < 4.78 is 0. The van der Waals surface area contributed by atoms with Crippen molar-refractivity contribution in [3.63, 3.8) is 0 Å². The van der Waals surface area contributed by atoms with E-state index in [0.717, 1.165) is 23.4 Å². The first-order valence-corrected chi connectivity index (χ1v) is 5.62. The third-order valence-corrected chi connectivity index (χ3v) is 2.72.